The summed E-state index contributed by atoms with van der Waals surface area (Å²) in [5, 5.41) is 0. The lowest BCUT2D eigenvalue weighted by Gasteiger charge is -2.15. The van der Waals surface area contributed by atoms with Crippen molar-refractivity contribution in [3.05, 3.63) is 30.1 Å². The third-order valence-corrected chi connectivity index (χ3v) is 3.07. The molecule has 1 heterocycles. The van der Waals surface area contributed by atoms with E-state index in [1.807, 2.05) is 35.8 Å². The number of carbonyl (C=O) groups is 1. The van der Waals surface area contributed by atoms with E-state index >= 15 is 0 Å². The van der Waals surface area contributed by atoms with E-state index in [1.54, 1.807) is 0 Å². The van der Waals surface area contributed by atoms with Crippen LogP contribution in [0.2, 0.25) is 0 Å². The lowest BCUT2D eigenvalue weighted by molar-refractivity contribution is -0.143. The van der Waals surface area contributed by atoms with Crippen LogP contribution < -0.4 is 0 Å². The number of hydrogen-bond donors (Lipinski definition) is 0. The zero-order chi connectivity index (χ0) is 13.1. The maximum Gasteiger partial charge on any atom is 0.328 e. The second kappa shape index (κ2) is 5.21. The second-order valence-corrected chi connectivity index (χ2v) is 4.34. The molecule has 4 nitrogen and oxygen atoms in total. The molecule has 0 unspecified atom stereocenters. The normalized spacial score (nSPS) is 12.6. The Kier molecular flexibility index (Phi) is 3.65. The predicted molar refractivity (Wildman–Crippen MR) is 70.5 cm³/mol. The van der Waals surface area contributed by atoms with Gasteiger partial charge in [-0.1, -0.05) is 19.1 Å². The number of ether oxygens (including phenoxy) is 1. The number of methoxy groups -OCH3 is 1. The maximum atomic E-state index is 11.7. The van der Waals surface area contributed by atoms with Crippen molar-refractivity contribution >= 4 is 17.0 Å². The van der Waals surface area contributed by atoms with Crippen molar-refractivity contribution in [2.75, 3.05) is 7.11 Å². The fraction of sp³-hybridized carbons (Fsp3) is 0.429. The standard InChI is InChI=1S/C14H18N2O2/c1-4-7-13-15-11-8-5-6-9-12(11)16(13)10(2)14(17)18-3/h5-6,8-10H,4,7H2,1-3H3/t10-/m0/s1. The third kappa shape index (κ3) is 2.10. The summed E-state index contributed by atoms with van der Waals surface area (Å²) in [7, 11) is 1.41. The van der Waals surface area contributed by atoms with Gasteiger partial charge in [-0.3, -0.25) is 0 Å². The molecule has 0 aliphatic heterocycles. The van der Waals surface area contributed by atoms with Crippen molar-refractivity contribution in [3.63, 3.8) is 0 Å². The van der Waals surface area contributed by atoms with Gasteiger partial charge >= 0.3 is 5.97 Å². The highest BCUT2D eigenvalue weighted by molar-refractivity contribution is 5.81. The zero-order valence-electron chi connectivity index (χ0n) is 11.0. The van der Waals surface area contributed by atoms with Crippen molar-refractivity contribution in [1.82, 2.24) is 9.55 Å². The average molecular weight is 246 g/mol. The van der Waals surface area contributed by atoms with Gasteiger partial charge in [0.1, 0.15) is 11.9 Å². The van der Waals surface area contributed by atoms with E-state index < -0.39 is 0 Å². The molecule has 0 radical (unpaired) electrons. The third-order valence-electron chi connectivity index (χ3n) is 3.07. The van der Waals surface area contributed by atoms with E-state index in [4.69, 9.17) is 4.74 Å². The highest BCUT2D eigenvalue weighted by atomic mass is 16.5. The molecule has 0 amide bonds. The molecule has 0 spiro atoms. The summed E-state index contributed by atoms with van der Waals surface area (Å²) < 4.78 is 6.81. The summed E-state index contributed by atoms with van der Waals surface area (Å²) in [6, 6.07) is 7.53. The van der Waals surface area contributed by atoms with E-state index in [1.165, 1.54) is 7.11 Å². The van der Waals surface area contributed by atoms with Crippen LogP contribution >= 0.6 is 0 Å². The van der Waals surface area contributed by atoms with Crippen LogP contribution in [0.3, 0.4) is 0 Å². The van der Waals surface area contributed by atoms with E-state index in [0.29, 0.717) is 0 Å². The van der Waals surface area contributed by atoms with Gasteiger partial charge in [-0.05, 0) is 25.5 Å². The molecule has 1 aromatic heterocycles. The molecule has 0 bridgehead atoms. The molecule has 4 heteroatoms. The second-order valence-electron chi connectivity index (χ2n) is 4.34. The predicted octanol–water partition coefficient (Wildman–Crippen LogP) is 2.72. The number of carbonyl (C=O) groups excluding carboxylic acids is 1. The minimum Gasteiger partial charge on any atom is -0.467 e. The lowest BCUT2D eigenvalue weighted by Crippen LogP contribution is -2.19. The van der Waals surface area contributed by atoms with Crippen LogP contribution in [0.15, 0.2) is 24.3 Å². The molecule has 0 aliphatic rings. The van der Waals surface area contributed by atoms with Crippen LogP contribution in [-0.2, 0) is 16.0 Å². The first kappa shape index (κ1) is 12.6. The Morgan fingerprint density at radius 2 is 2.17 bits per heavy atom. The number of aryl methyl sites for hydroxylation is 1. The number of benzene rings is 1. The summed E-state index contributed by atoms with van der Waals surface area (Å²) in [6.45, 7) is 3.95. The van der Waals surface area contributed by atoms with Crippen molar-refractivity contribution in [2.24, 2.45) is 0 Å². The minimum absolute atomic E-state index is 0.240. The molecule has 18 heavy (non-hydrogen) atoms. The van der Waals surface area contributed by atoms with Crippen LogP contribution in [0.5, 0.6) is 0 Å². The molecular weight excluding hydrogens is 228 g/mol. The average Bonchev–Trinajstić information content (AvgIpc) is 2.75. The van der Waals surface area contributed by atoms with E-state index in [-0.39, 0.29) is 12.0 Å². The largest absolute Gasteiger partial charge is 0.467 e. The van der Waals surface area contributed by atoms with E-state index in [0.717, 1.165) is 29.7 Å². The highest BCUT2D eigenvalue weighted by Gasteiger charge is 2.21. The van der Waals surface area contributed by atoms with Crippen LogP contribution in [0.1, 0.15) is 32.1 Å². The molecule has 1 aromatic carbocycles. The Morgan fingerprint density at radius 1 is 1.44 bits per heavy atom. The first-order valence-electron chi connectivity index (χ1n) is 6.22. The molecule has 1 atom stereocenters. The summed E-state index contributed by atoms with van der Waals surface area (Å²) >= 11 is 0. The first-order valence-corrected chi connectivity index (χ1v) is 6.22. The van der Waals surface area contributed by atoms with Crippen molar-refractivity contribution < 1.29 is 9.53 Å². The molecular formula is C14H18N2O2. The molecule has 0 saturated heterocycles. The zero-order valence-corrected chi connectivity index (χ0v) is 11.0. The summed E-state index contributed by atoms with van der Waals surface area (Å²) in [5.41, 5.74) is 1.91. The Bertz CT molecular complexity index is 560. The van der Waals surface area contributed by atoms with Crippen LogP contribution in [-0.4, -0.2) is 22.6 Å². The summed E-state index contributed by atoms with van der Waals surface area (Å²) in [6.07, 6.45) is 1.85. The van der Waals surface area contributed by atoms with Crippen LogP contribution in [0.25, 0.3) is 11.0 Å². The topological polar surface area (TPSA) is 44.1 Å². The minimum atomic E-state index is -0.344. The van der Waals surface area contributed by atoms with Gasteiger partial charge in [0, 0.05) is 6.42 Å². The number of esters is 1. The van der Waals surface area contributed by atoms with Gasteiger partial charge in [0.2, 0.25) is 0 Å². The van der Waals surface area contributed by atoms with E-state index in [9.17, 15) is 4.79 Å². The van der Waals surface area contributed by atoms with Gasteiger partial charge in [0.15, 0.2) is 0 Å². The smallest absolute Gasteiger partial charge is 0.328 e. The lowest BCUT2D eigenvalue weighted by atomic mass is 10.2. The quantitative estimate of drug-likeness (QED) is 0.779. The first-order chi connectivity index (χ1) is 8.69. The molecule has 0 fully saturated rings. The van der Waals surface area contributed by atoms with Crippen molar-refractivity contribution in [2.45, 2.75) is 32.7 Å². The monoisotopic (exact) mass is 246 g/mol. The van der Waals surface area contributed by atoms with Gasteiger partial charge in [-0.15, -0.1) is 0 Å². The summed E-state index contributed by atoms with van der Waals surface area (Å²) in [4.78, 5) is 16.3. The van der Waals surface area contributed by atoms with Gasteiger partial charge in [-0.2, -0.15) is 0 Å². The number of rotatable bonds is 4. The number of aromatic nitrogens is 2. The fourth-order valence-electron chi connectivity index (χ4n) is 2.20. The Morgan fingerprint density at radius 3 is 2.83 bits per heavy atom. The SMILES string of the molecule is CCCc1nc2ccccc2n1[C@@H](C)C(=O)OC. The number of fused-ring (bicyclic) bond motifs is 1. The van der Waals surface area contributed by atoms with Gasteiger partial charge in [-0.25, -0.2) is 9.78 Å². The van der Waals surface area contributed by atoms with Gasteiger partial charge in [0.25, 0.3) is 0 Å². The number of nitrogens with zero attached hydrogens (tertiary/aromatic N) is 2. The number of imidazole rings is 1. The fourth-order valence-corrected chi connectivity index (χ4v) is 2.20. The van der Waals surface area contributed by atoms with Gasteiger partial charge in [0.05, 0.1) is 18.1 Å². The Balaban J connectivity index is 2.57. The molecule has 96 valence electrons. The Labute approximate surface area is 107 Å². The summed E-state index contributed by atoms with van der Waals surface area (Å²) in [5.74, 6) is 0.701. The van der Waals surface area contributed by atoms with Gasteiger partial charge < -0.3 is 9.30 Å². The molecule has 0 aliphatic carbocycles. The molecule has 2 aromatic rings. The Hall–Kier alpha value is -1.84. The molecule has 0 N–H and O–H groups in total. The number of para-hydroxylation sites is 2. The van der Waals surface area contributed by atoms with Crippen molar-refractivity contribution in [1.29, 1.82) is 0 Å². The highest BCUT2D eigenvalue weighted by Crippen LogP contribution is 2.22. The molecule has 2 rings (SSSR count). The maximum absolute atomic E-state index is 11.7. The number of hydrogen-bond acceptors (Lipinski definition) is 3. The van der Waals surface area contributed by atoms with Crippen molar-refractivity contribution in [3.8, 4) is 0 Å². The van der Waals surface area contributed by atoms with E-state index in [2.05, 4.69) is 11.9 Å². The van der Waals surface area contributed by atoms with Crippen LogP contribution in [0.4, 0.5) is 0 Å². The molecule has 0 saturated carbocycles. The van der Waals surface area contributed by atoms with Crippen LogP contribution in [0, 0.1) is 0 Å².